The molecule has 0 unspecified atom stereocenters. The zero-order valence-corrected chi connectivity index (χ0v) is 12.5. The van der Waals surface area contributed by atoms with Crippen LogP contribution in [0.5, 0.6) is 5.75 Å². The molecule has 4 heteroatoms. The van der Waals surface area contributed by atoms with Crippen LogP contribution in [0, 0.1) is 0 Å². The molecule has 0 bridgehead atoms. The number of methoxy groups -OCH3 is 1. The third-order valence-corrected chi connectivity index (χ3v) is 3.60. The molecule has 3 rings (SSSR count). The highest BCUT2D eigenvalue weighted by molar-refractivity contribution is 5.70. The van der Waals surface area contributed by atoms with Gasteiger partial charge in [-0.1, -0.05) is 48.5 Å². The molecule has 0 aliphatic carbocycles. The maximum Gasteiger partial charge on any atom is 0.261 e. The summed E-state index contributed by atoms with van der Waals surface area (Å²) >= 11 is 0. The van der Waals surface area contributed by atoms with E-state index in [0.717, 1.165) is 11.1 Å². The number of nitrogens with zero attached hydrogens (tertiary/aromatic N) is 2. The third-order valence-electron chi connectivity index (χ3n) is 3.60. The second kappa shape index (κ2) is 5.85. The first-order valence-corrected chi connectivity index (χ1v) is 6.97. The van der Waals surface area contributed by atoms with Crippen LogP contribution in [-0.4, -0.2) is 16.7 Å². The summed E-state index contributed by atoms with van der Waals surface area (Å²) in [6.45, 7) is 0. The number of hydrogen-bond donors (Lipinski definition) is 0. The number of rotatable bonds is 3. The average Bonchev–Trinajstić information content (AvgIpc) is 2.58. The van der Waals surface area contributed by atoms with Crippen molar-refractivity contribution in [2.75, 3.05) is 7.11 Å². The maximum atomic E-state index is 12.7. The summed E-state index contributed by atoms with van der Waals surface area (Å²) in [7, 11) is 3.33. The molecule has 1 heterocycles. The number of ether oxygens (including phenoxy) is 1. The molecule has 1 aromatic heterocycles. The first-order chi connectivity index (χ1) is 10.7. The largest absolute Gasteiger partial charge is 0.496 e. The Bertz CT molecular complexity index is 854. The van der Waals surface area contributed by atoms with Crippen molar-refractivity contribution in [3.63, 3.8) is 0 Å². The predicted molar refractivity (Wildman–Crippen MR) is 86.9 cm³/mol. The fraction of sp³-hybridized carbons (Fsp3) is 0.111. The molecule has 0 radical (unpaired) electrons. The SMILES string of the molecule is COc1ccccc1-c1cnc(-c2ccccc2)n(C)c1=O. The molecular weight excluding hydrogens is 276 g/mol. The molecule has 2 aromatic carbocycles. The Kier molecular flexibility index (Phi) is 3.74. The van der Waals surface area contributed by atoms with Crippen molar-refractivity contribution in [2.24, 2.45) is 7.05 Å². The van der Waals surface area contributed by atoms with Crippen molar-refractivity contribution in [1.29, 1.82) is 0 Å². The fourth-order valence-corrected chi connectivity index (χ4v) is 2.45. The molecule has 0 fully saturated rings. The van der Waals surface area contributed by atoms with E-state index in [2.05, 4.69) is 4.98 Å². The number of para-hydroxylation sites is 1. The highest BCUT2D eigenvalue weighted by Crippen LogP contribution is 2.27. The molecule has 0 atom stereocenters. The van der Waals surface area contributed by atoms with Gasteiger partial charge in [0.2, 0.25) is 0 Å². The number of benzene rings is 2. The van der Waals surface area contributed by atoms with E-state index >= 15 is 0 Å². The van der Waals surface area contributed by atoms with Crippen molar-refractivity contribution in [1.82, 2.24) is 9.55 Å². The zero-order chi connectivity index (χ0) is 15.5. The highest BCUT2D eigenvalue weighted by atomic mass is 16.5. The van der Waals surface area contributed by atoms with E-state index in [1.165, 1.54) is 0 Å². The van der Waals surface area contributed by atoms with Crippen LogP contribution >= 0.6 is 0 Å². The Morgan fingerprint density at radius 2 is 1.64 bits per heavy atom. The van der Waals surface area contributed by atoms with Gasteiger partial charge in [-0.2, -0.15) is 0 Å². The molecular formula is C18H16N2O2. The summed E-state index contributed by atoms with van der Waals surface area (Å²) in [5.41, 5.74) is 2.09. The topological polar surface area (TPSA) is 44.1 Å². The first kappa shape index (κ1) is 14.1. The molecule has 0 spiro atoms. The lowest BCUT2D eigenvalue weighted by atomic mass is 10.1. The quantitative estimate of drug-likeness (QED) is 0.745. The van der Waals surface area contributed by atoms with Crippen LogP contribution in [0.15, 0.2) is 65.6 Å². The van der Waals surface area contributed by atoms with Crippen molar-refractivity contribution < 1.29 is 4.74 Å². The lowest BCUT2D eigenvalue weighted by Gasteiger charge is -2.11. The Balaban J connectivity index is 2.18. The van der Waals surface area contributed by atoms with E-state index in [9.17, 15) is 4.79 Å². The van der Waals surface area contributed by atoms with Gasteiger partial charge in [0.25, 0.3) is 5.56 Å². The van der Waals surface area contributed by atoms with Crippen molar-refractivity contribution >= 4 is 0 Å². The summed E-state index contributed by atoms with van der Waals surface area (Å²) in [5, 5.41) is 0. The van der Waals surface area contributed by atoms with Gasteiger partial charge in [-0.05, 0) is 6.07 Å². The maximum absolute atomic E-state index is 12.7. The van der Waals surface area contributed by atoms with Gasteiger partial charge in [-0.15, -0.1) is 0 Å². The standard InChI is InChI=1S/C18H16N2O2/c1-20-17(13-8-4-3-5-9-13)19-12-15(18(20)21)14-10-6-7-11-16(14)22-2/h3-12H,1-2H3. The van der Waals surface area contributed by atoms with E-state index in [4.69, 9.17) is 4.74 Å². The summed E-state index contributed by atoms with van der Waals surface area (Å²) < 4.78 is 6.90. The van der Waals surface area contributed by atoms with Gasteiger partial charge in [-0.3, -0.25) is 9.36 Å². The van der Waals surface area contributed by atoms with E-state index in [0.29, 0.717) is 17.1 Å². The van der Waals surface area contributed by atoms with Crippen molar-refractivity contribution in [3.8, 4) is 28.3 Å². The molecule has 0 saturated carbocycles. The van der Waals surface area contributed by atoms with E-state index in [1.807, 2.05) is 54.6 Å². The van der Waals surface area contributed by atoms with Crippen LogP contribution in [0.1, 0.15) is 0 Å². The number of hydrogen-bond acceptors (Lipinski definition) is 3. The molecule has 0 aliphatic rings. The first-order valence-electron chi connectivity index (χ1n) is 6.97. The van der Waals surface area contributed by atoms with E-state index < -0.39 is 0 Å². The molecule has 0 N–H and O–H groups in total. The Morgan fingerprint density at radius 3 is 2.36 bits per heavy atom. The minimum atomic E-state index is -0.0987. The molecule has 110 valence electrons. The Morgan fingerprint density at radius 1 is 0.955 bits per heavy atom. The predicted octanol–water partition coefficient (Wildman–Crippen LogP) is 3.12. The molecule has 22 heavy (non-hydrogen) atoms. The smallest absolute Gasteiger partial charge is 0.261 e. The highest BCUT2D eigenvalue weighted by Gasteiger charge is 2.13. The normalized spacial score (nSPS) is 10.5. The fourth-order valence-electron chi connectivity index (χ4n) is 2.45. The average molecular weight is 292 g/mol. The van der Waals surface area contributed by atoms with E-state index in [-0.39, 0.29) is 5.56 Å². The van der Waals surface area contributed by atoms with Crippen LogP contribution in [0.2, 0.25) is 0 Å². The molecule has 3 aromatic rings. The van der Waals surface area contributed by atoms with Crippen LogP contribution in [0.3, 0.4) is 0 Å². The minimum Gasteiger partial charge on any atom is -0.496 e. The Hall–Kier alpha value is -2.88. The summed E-state index contributed by atoms with van der Waals surface area (Å²) in [5.74, 6) is 1.30. The van der Waals surface area contributed by atoms with Gasteiger partial charge in [-0.25, -0.2) is 4.98 Å². The third kappa shape index (κ3) is 2.39. The van der Waals surface area contributed by atoms with Crippen molar-refractivity contribution in [3.05, 3.63) is 71.1 Å². The van der Waals surface area contributed by atoms with Gasteiger partial charge in [0.1, 0.15) is 11.6 Å². The number of aromatic nitrogens is 2. The lowest BCUT2D eigenvalue weighted by Crippen LogP contribution is -2.21. The van der Waals surface area contributed by atoms with Crippen LogP contribution in [0.25, 0.3) is 22.5 Å². The van der Waals surface area contributed by atoms with Gasteiger partial charge in [0, 0.05) is 24.4 Å². The zero-order valence-electron chi connectivity index (χ0n) is 12.5. The Labute approximate surface area is 128 Å². The van der Waals surface area contributed by atoms with Gasteiger partial charge >= 0.3 is 0 Å². The summed E-state index contributed by atoms with van der Waals surface area (Å²) in [6, 6.07) is 17.1. The van der Waals surface area contributed by atoms with Gasteiger partial charge < -0.3 is 4.74 Å². The summed E-state index contributed by atoms with van der Waals surface area (Å²) in [6.07, 6.45) is 1.61. The van der Waals surface area contributed by atoms with Crippen LogP contribution in [0.4, 0.5) is 0 Å². The van der Waals surface area contributed by atoms with Crippen LogP contribution < -0.4 is 10.3 Å². The van der Waals surface area contributed by atoms with E-state index in [1.54, 1.807) is 24.9 Å². The summed E-state index contributed by atoms with van der Waals surface area (Å²) in [4.78, 5) is 17.2. The van der Waals surface area contributed by atoms with Crippen LogP contribution in [-0.2, 0) is 7.05 Å². The molecule has 4 nitrogen and oxygen atoms in total. The second-order valence-electron chi connectivity index (χ2n) is 4.93. The van der Waals surface area contributed by atoms with Crippen molar-refractivity contribution in [2.45, 2.75) is 0 Å². The molecule has 0 aliphatic heterocycles. The lowest BCUT2D eigenvalue weighted by molar-refractivity contribution is 0.416. The minimum absolute atomic E-state index is 0.0987. The second-order valence-corrected chi connectivity index (χ2v) is 4.93. The molecule has 0 saturated heterocycles. The molecule has 0 amide bonds. The van der Waals surface area contributed by atoms with Gasteiger partial charge in [0.15, 0.2) is 0 Å². The monoisotopic (exact) mass is 292 g/mol. The van der Waals surface area contributed by atoms with Gasteiger partial charge in [0.05, 0.1) is 12.7 Å².